The second-order valence-corrected chi connectivity index (χ2v) is 5.59. The zero-order chi connectivity index (χ0) is 18.9. The van der Waals surface area contributed by atoms with E-state index < -0.39 is 5.97 Å². The quantitative estimate of drug-likeness (QED) is 0.330. The molecule has 0 amide bonds. The zero-order valence-electron chi connectivity index (χ0n) is 14.6. The summed E-state index contributed by atoms with van der Waals surface area (Å²) in [5.41, 5.74) is 1.65. The standard InChI is InChI=1S/C20H19FN2O3/c1-23(2)18-7-3-15(4-8-18)13-16(14-22)20(24)26-12-11-25-19-9-5-17(21)6-10-19/h3-10,13H,11-12H2,1-2H3/b16-13+. The summed E-state index contributed by atoms with van der Waals surface area (Å²) in [6.07, 6.45) is 1.47. The van der Waals surface area contributed by atoms with E-state index in [1.807, 2.05) is 49.3 Å². The summed E-state index contributed by atoms with van der Waals surface area (Å²) in [5, 5.41) is 9.17. The van der Waals surface area contributed by atoms with Crippen LogP contribution in [0.15, 0.2) is 54.1 Å². The van der Waals surface area contributed by atoms with Crippen LogP contribution in [0.1, 0.15) is 5.56 Å². The summed E-state index contributed by atoms with van der Waals surface area (Å²) in [4.78, 5) is 13.9. The number of carbonyl (C=O) groups is 1. The maximum Gasteiger partial charge on any atom is 0.349 e. The molecule has 0 N–H and O–H groups in total. The molecule has 0 aliphatic heterocycles. The van der Waals surface area contributed by atoms with Gasteiger partial charge in [0.2, 0.25) is 0 Å². The maximum absolute atomic E-state index is 12.8. The molecule has 0 radical (unpaired) electrons. The fourth-order valence-electron chi connectivity index (χ4n) is 2.07. The Hall–Kier alpha value is -3.33. The van der Waals surface area contributed by atoms with Gasteiger partial charge in [0.05, 0.1) is 0 Å². The summed E-state index contributed by atoms with van der Waals surface area (Å²) in [6, 6.07) is 14.8. The highest BCUT2D eigenvalue weighted by Crippen LogP contribution is 2.15. The number of benzene rings is 2. The number of nitriles is 1. The van der Waals surface area contributed by atoms with E-state index in [9.17, 15) is 9.18 Å². The average molecular weight is 354 g/mol. The van der Waals surface area contributed by atoms with E-state index in [-0.39, 0.29) is 24.6 Å². The molecule has 0 atom stereocenters. The van der Waals surface area contributed by atoms with Crippen molar-refractivity contribution in [3.63, 3.8) is 0 Å². The molecule has 0 aromatic heterocycles. The van der Waals surface area contributed by atoms with E-state index in [4.69, 9.17) is 14.7 Å². The zero-order valence-corrected chi connectivity index (χ0v) is 14.6. The number of ether oxygens (including phenoxy) is 2. The smallest absolute Gasteiger partial charge is 0.349 e. The summed E-state index contributed by atoms with van der Waals surface area (Å²) >= 11 is 0. The van der Waals surface area contributed by atoms with Gasteiger partial charge in [-0.05, 0) is 48.0 Å². The highest BCUT2D eigenvalue weighted by Gasteiger charge is 2.11. The molecule has 0 fully saturated rings. The molecule has 2 rings (SSSR count). The summed E-state index contributed by atoms with van der Waals surface area (Å²) in [7, 11) is 3.86. The summed E-state index contributed by atoms with van der Waals surface area (Å²) in [5.74, 6) is -0.599. The molecule has 0 heterocycles. The lowest BCUT2D eigenvalue weighted by Crippen LogP contribution is -2.13. The molecule has 0 aliphatic rings. The Morgan fingerprint density at radius 2 is 1.77 bits per heavy atom. The van der Waals surface area contributed by atoms with E-state index in [1.165, 1.54) is 30.3 Å². The number of rotatable bonds is 7. The molecule has 0 aliphatic carbocycles. The minimum absolute atomic E-state index is 0.0191. The van der Waals surface area contributed by atoms with Gasteiger partial charge in [-0.2, -0.15) is 5.26 Å². The van der Waals surface area contributed by atoms with Crippen molar-refractivity contribution in [1.29, 1.82) is 5.26 Å². The molecular weight excluding hydrogens is 335 g/mol. The van der Waals surface area contributed by atoms with Crippen molar-refractivity contribution < 1.29 is 18.7 Å². The number of hydrogen-bond donors (Lipinski definition) is 0. The van der Waals surface area contributed by atoms with Crippen LogP contribution in [-0.4, -0.2) is 33.3 Å². The van der Waals surface area contributed by atoms with Crippen LogP contribution in [0.5, 0.6) is 5.75 Å². The Bertz CT molecular complexity index is 806. The largest absolute Gasteiger partial charge is 0.490 e. The molecule has 2 aromatic carbocycles. The van der Waals surface area contributed by atoms with Gasteiger partial charge in [-0.25, -0.2) is 9.18 Å². The van der Waals surface area contributed by atoms with Gasteiger partial charge in [0.25, 0.3) is 0 Å². The monoisotopic (exact) mass is 354 g/mol. The van der Waals surface area contributed by atoms with Crippen LogP contribution in [0.4, 0.5) is 10.1 Å². The van der Waals surface area contributed by atoms with E-state index in [0.717, 1.165) is 11.3 Å². The van der Waals surface area contributed by atoms with Crippen LogP contribution in [0.3, 0.4) is 0 Å². The van der Waals surface area contributed by atoms with Crippen LogP contribution < -0.4 is 9.64 Å². The highest BCUT2D eigenvalue weighted by molar-refractivity contribution is 5.97. The highest BCUT2D eigenvalue weighted by atomic mass is 19.1. The van der Waals surface area contributed by atoms with Crippen molar-refractivity contribution >= 4 is 17.7 Å². The van der Waals surface area contributed by atoms with Crippen LogP contribution in [0.2, 0.25) is 0 Å². The summed E-state index contributed by atoms with van der Waals surface area (Å²) in [6.45, 7) is 0.0857. The Labute approximate surface area is 151 Å². The fourth-order valence-corrected chi connectivity index (χ4v) is 2.07. The van der Waals surface area contributed by atoms with E-state index in [0.29, 0.717) is 5.75 Å². The van der Waals surface area contributed by atoms with Crippen LogP contribution in [0, 0.1) is 17.1 Å². The van der Waals surface area contributed by atoms with Crippen molar-refractivity contribution in [3.8, 4) is 11.8 Å². The average Bonchev–Trinajstić information content (AvgIpc) is 2.65. The van der Waals surface area contributed by atoms with E-state index in [1.54, 1.807) is 0 Å². The lowest BCUT2D eigenvalue weighted by atomic mass is 10.1. The Morgan fingerprint density at radius 1 is 1.12 bits per heavy atom. The minimum Gasteiger partial charge on any atom is -0.490 e. The van der Waals surface area contributed by atoms with Crippen molar-refractivity contribution in [2.24, 2.45) is 0 Å². The third-order valence-corrected chi connectivity index (χ3v) is 3.46. The third kappa shape index (κ3) is 5.64. The molecule has 2 aromatic rings. The molecule has 0 spiro atoms. The van der Waals surface area contributed by atoms with Crippen molar-refractivity contribution in [2.75, 3.05) is 32.2 Å². The Balaban J connectivity index is 1.87. The minimum atomic E-state index is -0.716. The van der Waals surface area contributed by atoms with Crippen LogP contribution >= 0.6 is 0 Å². The van der Waals surface area contributed by atoms with E-state index in [2.05, 4.69) is 0 Å². The molecule has 26 heavy (non-hydrogen) atoms. The molecule has 0 saturated carbocycles. The number of anilines is 1. The lowest BCUT2D eigenvalue weighted by Gasteiger charge is -2.11. The third-order valence-electron chi connectivity index (χ3n) is 3.46. The molecule has 134 valence electrons. The van der Waals surface area contributed by atoms with Crippen molar-refractivity contribution in [3.05, 3.63) is 65.5 Å². The summed E-state index contributed by atoms with van der Waals surface area (Å²) < 4.78 is 23.2. The van der Waals surface area contributed by atoms with Gasteiger partial charge in [-0.1, -0.05) is 12.1 Å². The Kier molecular flexibility index (Phi) is 6.75. The Morgan fingerprint density at radius 3 is 2.35 bits per heavy atom. The van der Waals surface area contributed by atoms with E-state index >= 15 is 0 Å². The van der Waals surface area contributed by atoms with Gasteiger partial charge in [-0.15, -0.1) is 0 Å². The SMILES string of the molecule is CN(C)c1ccc(/C=C(\C#N)C(=O)OCCOc2ccc(F)cc2)cc1. The van der Waals surface area contributed by atoms with Crippen LogP contribution in [0.25, 0.3) is 6.08 Å². The van der Waals surface area contributed by atoms with Crippen LogP contribution in [-0.2, 0) is 9.53 Å². The number of esters is 1. The predicted octanol–water partition coefficient (Wildman–Crippen LogP) is 3.42. The van der Waals surface area contributed by atoms with Gasteiger partial charge in [0.15, 0.2) is 0 Å². The van der Waals surface area contributed by atoms with Crippen molar-refractivity contribution in [1.82, 2.24) is 0 Å². The van der Waals surface area contributed by atoms with Crippen molar-refractivity contribution in [2.45, 2.75) is 0 Å². The topological polar surface area (TPSA) is 62.6 Å². The maximum atomic E-state index is 12.8. The second-order valence-electron chi connectivity index (χ2n) is 5.59. The van der Waals surface area contributed by atoms with Gasteiger partial charge >= 0.3 is 5.97 Å². The molecule has 0 saturated heterocycles. The molecule has 5 nitrogen and oxygen atoms in total. The number of carbonyl (C=O) groups excluding carboxylic acids is 1. The molecule has 0 bridgehead atoms. The first-order valence-electron chi connectivity index (χ1n) is 7.94. The predicted molar refractivity (Wildman–Crippen MR) is 97.2 cm³/mol. The van der Waals surface area contributed by atoms with Gasteiger partial charge in [-0.3, -0.25) is 0 Å². The number of nitrogens with zero attached hydrogens (tertiary/aromatic N) is 2. The second kappa shape index (κ2) is 9.23. The number of hydrogen-bond acceptors (Lipinski definition) is 5. The number of halogens is 1. The fraction of sp³-hybridized carbons (Fsp3) is 0.200. The first-order valence-corrected chi connectivity index (χ1v) is 7.94. The first kappa shape index (κ1) is 19.0. The molecular formula is C20H19FN2O3. The lowest BCUT2D eigenvalue weighted by molar-refractivity contribution is -0.139. The molecule has 0 unspecified atom stereocenters. The normalized spacial score (nSPS) is 10.8. The molecule has 6 heteroatoms. The first-order chi connectivity index (χ1) is 12.5. The van der Waals surface area contributed by atoms with Gasteiger partial charge in [0.1, 0.15) is 36.4 Å². The van der Waals surface area contributed by atoms with Gasteiger partial charge < -0.3 is 14.4 Å². The van der Waals surface area contributed by atoms with Gasteiger partial charge in [0, 0.05) is 19.8 Å².